The van der Waals surface area contributed by atoms with E-state index in [9.17, 15) is 13.2 Å². The number of hydrogen-bond donors (Lipinski definition) is 2. The van der Waals surface area contributed by atoms with Gasteiger partial charge in [0, 0.05) is 24.2 Å². The second kappa shape index (κ2) is 7.76. The standard InChI is InChI=1S/C20H21N5O3S/c1-14-4-6-15(7-5-14)18-21-20(24-23-18)22-19(26)16-8-10-17(11-9-16)29(27,28)25-12-2-3-13-25/h4-11H,2-3,12-13H2,1H3,(H2,21,22,23,24,26). The zero-order valence-corrected chi connectivity index (χ0v) is 16.7. The van der Waals surface area contributed by atoms with E-state index in [1.807, 2.05) is 31.2 Å². The van der Waals surface area contributed by atoms with Gasteiger partial charge in [-0.25, -0.2) is 8.42 Å². The van der Waals surface area contributed by atoms with Gasteiger partial charge >= 0.3 is 0 Å². The molecular weight excluding hydrogens is 390 g/mol. The van der Waals surface area contributed by atoms with Crippen molar-refractivity contribution in [1.29, 1.82) is 0 Å². The van der Waals surface area contributed by atoms with E-state index in [2.05, 4.69) is 20.5 Å². The van der Waals surface area contributed by atoms with Gasteiger partial charge in [0.1, 0.15) is 0 Å². The first-order chi connectivity index (χ1) is 13.9. The summed E-state index contributed by atoms with van der Waals surface area (Å²) in [6.45, 7) is 3.08. The van der Waals surface area contributed by atoms with Crippen LogP contribution in [-0.2, 0) is 10.0 Å². The quantitative estimate of drug-likeness (QED) is 0.671. The van der Waals surface area contributed by atoms with Crippen LogP contribution in [-0.4, -0.2) is 46.9 Å². The second-order valence-corrected chi connectivity index (χ2v) is 8.90. The minimum absolute atomic E-state index is 0.152. The van der Waals surface area contributed by atoms with Gasteiger partial charge in [0.25, 0.3) is 5.91 Å². The molecule has 1 aromatic heterocycles. The highest BCUT2D eigenvalue weighted by Crippen LogP contribution is 2.21. The van der Waals surface area contributed by atoms with E-state index >= 15 is 0 Å². The molecule has 0 saturated carbocycles. The van der Waals surface area contributed by atoms with Crippen molar-refractivity contribution in [2.75, 3.05) is 18.4 Å². The summed E-state index contributed by atoms with van der Waals surface area (Å²) < 4.78 is 26.6. The number of rotatable bonds is 5. The highest BCUT2D eigenvalue weighted by atomic mass is 32.2. The SMILES string of the molecule is Cc1ccc(-c2nc(NC(=O)c3ccc(S(=O)(=O)N4CCCC4)cc3)n[nH]2)cc1. The molecule has 2 aromatic carbocycles. The van der Waals surface area contributed by atoms with Crippen LogP contribution in [0.4, 0.5) is 5.95 Å². The minimum atomic E-state index is -3.50. The molecule has 0 atom stereocenters. The van der Waals surface area contributed by atoms with Gasteiger partial charge in [0.15, 0.2) is 5.82 Å². The fraction of sp³-hybridized carbons (Fsp3) is 0.250. The maximum absolute atomic E-state index is 12.6. The van der Waals surface area contributed by atoms with E-state index in [1.165, 1.54) is 28.6 Å². The number of hydrogen-bond acceptors (Lipinski definition) is 5. The molecule has 0 radical (unpaired) electrons. The fourth-order valence-electron chi connectivity index (χ4n) is 3.19. The number of aromatic amines is 1. The number of benzene rings is 2. The first-order valence-electron chi connectivity index (χ1n) is 9.34. The highest BCUT2D eigenvalue weighted by Gasteiger charge is 2.27. The number of amides is 1. The summed E-state index contributed by atoms with van der Waals surface area (Å²) >= 11 is 0. The average molecular weight is 411 g/mol. The number of aryl methyl sites for hydroxylation is 1. The van der Waals surface area contributed by atoms with Gasteiger partial charge in [0.2, 0.25) is 16.0 Å². The lowest BCUT2D eigenvalue weighted by Crippen LogP contribution is -2.27. The van der Waals surface area contributed by atoms with Gasteiger partial charge in [0.05, 0.1) is 4.90 Å². The van der Waals surface area contributed by atoms with E-state index in [-0.39, 0.29) is 10.8 Å². The molecule has 2 heterocycles. The summed E-state index contributed by atoms with van der Waals surface area (Å²) in [6.07, 6.45) is 1.75. The van der Waals surface area contributed by atoms with E-state index < -0.39 is 15.9 Å². The Morgan fingerprint density at radius 1 is 1.03 bits per heavy atom. The Balaban J connectivity index is 1.46. The summed E-state index contributed by atoms with van der Waals surface area (Å²) in [6, 6.07) is 13.7. The number of nitrogens with one attached hydrogen (secondary N) is 2. The van der Waals surface area contributed by atoms with Gasteiger partial charge in [-0.2, -0.15) is 9.29 Å². The Hall–Kier alpha value is -3.04. The van der Waals surface area contributed by atoms with Crippen LogP contribution in [0.2, 0.25) is 0 Å². The van der Waals surface area contributed by atoms with Crippen LogP contribution in [0.15, 0.2) is 53.4 Å². The Kier molecular flexibility index (Phi) is 5.16. The molecule has 29 heavy (non-hydrogen) atoms. The molecule has 8 nitrogen and oxygen atoms in total. The number of sulfonamides is 1. The molecule has 9 heteroatoms. The van der Waals surface area contributed by atoms with Crippen LogP contribution < -0.4 is 5.32 Å². The fourth-order valence-corrected chi connectivity index (χ4v) is 4.70. The Morgan fingerprint density at radius 2 is 1.69 bits per heavy atom. The van der Waals surface area contributed by atoms with Gasteiger partial charge in [-0.05, 0) is 44.0 Å². The largest absolute Gasteiger partial charge is 0.289 e. The van der Waals surface area contributed by atoms with E-state index in [0.29, 0.717) is 24.5 Å². The summed E-state index contributed by atoms with van der Waals surface area (Å²) in [5, 5.41) is 9.44. The minimum Gasteiger partial charge on any atom is -0.289 e. The van der Waals surface area contributed by atoms with E-state index in [4.69, 9.17) is 0 Å². The summed E-state index contributed by atoms with van der Waals surface area (Å²) in [5.41, 5.74) is 2.32. The third-order valence-electron chi connectivity index (χ3n) is 4.86. The van der Waals surface area contributed by atoms with Gasteiger partial charge in [-0.3, -0.25) is 15.2 Å². The first kappa shape index (κ1) is 19.3. The lowest BCUT2D eigenvalue weighted by atomic mass is 10.1. The molecule has 1 saturated heterocycles. The summed E-state index contributed by atoms with van der Waals surface area (Å²) in [5.74, 6) is 0.288. The molecule has 0 unspecified atom stereocenters. The number of anilines is 1. The topological polar surface area (TPSA) is 108 Å². The molecule has 2 N–H and O–H groups in total. The average Bonchev–Trinajstić information content (AvgIpc) is 3.41. The maximum atomic E-state index is 12.6. The predicted octanol–water partition coefficient (Wildman–Crippen LogP) is 2.82. The number of H-pyrrole nitrogens is 1. The van der Waals surface area contributed by atoms with Crippen molar-refractivity contribution < 1.29 is 13.2 Å². The molecule has 3 aromatic rings. The summed E-state index contributed by atoms with van der Waals surface area (Å²) in [4.78, 5) is 16.9. The number of carbonyl (C=O) groups excluding carboxylic acids is 1. The van der Waals surface area contributed by atoms with Crippen molar-refractivity contribution in [2.45, 2.75) is 24.7 Å². The van der Waals surface area contributed by atoms with Crippen molar-refractivity contribution in [2.24, 2.45) is 0 Å². The smallest absolute Gasteiger partial charge is 0.258 e. The highest BCUT2D eigenvalue weighted by molar-refractivity contribution is 7.89. The number of aromatic nitrogens is 3. The third-order valence-corrected chi connectivity index (χ3v) is 6.77. The molecule has 0 aliphatic carbocycles. The van der Waals surface area contributed by atoms with E-state index in [1.54, 1.807) is 0 Å². The molecule has 1 amide bonds. The Morgan fingerprint density at radius 3 is 2.34 bits per heavy atom. The van der Waals surface area contributed by atoms with Gasteiger partial charge in [-0.1, -0.05) is 29.8 Å². The van der Waals surface area contributed by atoms with Crippen LogP contribution in [0.1, 0.15) is 28.8 Å². The van der Waals surface area contributed by atoms with Crippen molar-refractivity contribution in [3.8, 4) is 11.4 Å². The summed E-state index contributed by atoms with van der Waals surface area (Å²) in [7, 11) is -3.50. The molecule has 1 fully saturated rings. The third kappa shape index (κ3) is 4.06. The van der Waals surface area contributed by atoms with Crippen LogP contribution in [0, 0.1) is 6.92 Å². The van der Waals surface area contributed by atoms with Crippen molar-refractivity contribution in [1.82, 2.24) is 19.5 Å². The normalized spacial score (nSPS) is 14.8. The number of nitrogens with zero attached hydrogens (tertiary/aromatic N) is 3. The van der Waals surface area contributed by atoms with Crippen molar-refractivity contribution in [3.63, 3.8) is 0 Å². The van der Waals surface area contributed by atoms with Gasteiger partial charge < -0.3 is 0 Å². The second-order valence-electron chi connectivity index (χ2n) is 6.96. The molecule has 150 valence electrons. The Bertz CT molecular complexity index is 1120. The van der Waals surface area contributed by atoms with E-state index in [0.717, 1.165) is 24.0 Å². The van der Waals surface area contributed by atoms with Gasteiger partial charge in [-0.15, -0.1) is 5.10 Å². The molecule has 0 bridgehead atoms. The monoisotopic (exact) mass is 411 g/mol. The maximum Gasteiger partial charge on any atom is 0.258 e. The van der Waals surface area contributed by atoms with Crippen molar-refractivity contribution in [3.05, 3.63) is 59.7 Å². The van der Waals surface area contributed by atoms with Crippen LogP contribution in [0.25, 0.3) is 11.4 Å². The predicted molar refractivity (Wildman–Crippen MR) is 109 cm³/mol. The van der Waals surface area contributed by atoms with Crippen LogP contribution in [0.3, 0.4) is 0 Å². The Labute approximate surface area is 169 Å². The van der Waals surface area contributed by atoms with Crippen LogP contribution in [0.5, 0.6) is 0 Å². The molecular formula is C20H21N5O3S. The first-order valence-corrected chi connectivity index (χ1v) is 10.8. The molecule has 0 spiro atoms. The van der Waals surface area contributed by atoms with Crippen LogP contribution >= 0.6 is 0 Å². The lowest BCUT2D eigenvalue weighted by Gasteiger charge is -2.15. The lowest BCUT2D eigenvalue weighted by molar-refractivity contribution is 0.102. The zero-order valence-electron chi connectivity index (χ0n) is 15.9. The zero-order chi connectivity index (χ0) is 20.4. The molecule has 1 aliphatic heterocycles. The number of carbonyl (C=O) groups is 1. The molecule has 4 rings (SSSR count). The van der Waals surface area contributed by atoms with Crippen molar-refractivity contribution >= 4 is 21.9 Å². The molecule has 1 aliphatic rings.